The van der Waals surface area contributed by atoms with Crippen molar-refractivity contribution in [2.24, 2.45) is 5.73 Å². The molecule has 3 aliphatic heterocycles. The highest BCUT2D eigenvalue weighted by Gasteiger charge is 2.40. The van der Waals surface area contributed by atoms with Crippen molar-refractivity contribution in [2.45, 2.75) is 138 Å². The maximum atomic E-state index is 15.8. The molecule has 734 valence electrons. The summed E-state index contributed by atoms with van der Waals surface area (Å²) >= 11 is 5.72. The number of nitrogens with two attached hydrogens (primary N) is 1. The van der Waals surface area contributed by atoms with E-state index in [1.165, 1.54) is 66.7 Å². The minimum Gasteiger partial charge on any atom is -0.508 e. The minimum absolute atomic E-state index is 0.000464. The molecular formula is C92H113N17O25S3. The number of aromatic hydroxyl groups is 2. The van der Waals surface area contributed by atoms with E-state index in [1.54, 1.807) is 92.5 Å². The van der Waals surface area contributed by atoms with E-state index in [0.29, 0.717) is 50.5 Å². The van der Waals surface area contributed by atoms with Crippen LogP contribution in [0.25, 0.3) is 44.3 Å². The smallest absolute Gasteiger partial charge is 0.336 e. The number of phenols is 2. The Morgan fingerprint density at radius 3 is 1.77 bits per heavy atom. The second kappa shape index (κ2) is 51.5. The fraction of sp³-hybridized carbons (Fsp3) is 0.413. The summed E-state index contributed by atoms with van der Waals surface area (Å²) in [5, 5.41) is 124. The number of aliphatic hydroxyl groups is 2. The summed E-state index contributed by atoms with van der Waals surface area (Å²) in [6.45, 7) is 0.735. The van der Waals surface area contributed by atoms with Gasteiger partial charge < -0.3 is 120 Å². The molecule has 1 aromatic heterocycles. The number of carbonyl (C=O) groups excluding carboxylic acids is 9. The lowest BCUT2D eigenvalue weighted by atomic mass is 9.90. The van der Waals surface area contributed by atoms with Gasteiger partial charge in [0, 0.05) is 141 Å². The predicted octanol–water partition coefficient (Wildman–Crippen LogP) is 0.549. The number of amides is 9. The molecule has 23 N–H and O–H groups in total. The number of carbonyl (C=O) groups is 14. The number of thiocarbonyl (C=S) groups is 1. The van der Waals surface area contributed by atoms with Gasteiger partial charge in [0.15, 0.2) is 16.6 Å². The number of nitrogens with zero attached hydrogens (tertiary/aromatic N) is 4. The fourth-order valence-electron chi connectivity index (χ4n) is 15.7. The number of aromatic amines is 1. The number of unbranched alkanes of at least 4 members (excludes halogenated alkanes) is 2. The summed E-state index contributed by atoms with van der Waals surface area (Å²) < 4.78 is 5.99. The van der Waals surface area contributed by atoms with Crippen LogP contribution < -0.4 is 69.6 Å². The zero-order valence-corrected chi connectivity index (χ0v) is 77.4. The molecule has 5 aromatic carbocycles. The first-order valence-electron chi connectivity index (χ1n) is 44.3. The molecule has 2 fully saturated rings. The first-order valence-corrected chi connectivity index (χ1v) is 47.2. The van der Waals surface area contributed by atoms with Crippen LogP contribution >= 0.6 is 33.8 Å². The van der Waals surface area contributed by atoms with Crippen molar-refractivity contribution in [3.8, 4) is 33.9 Å². The van der Waals surface area contributed by atoms with Gasteiger partial charge in [0.05, 0.1) is 44.0 Å². The van der Waals surface area contributed by atoms with E-state index in [9.17, 15) is 93.9 Å². The number of aromatic carboxylic acids is 1. The number of hydrogen-bond acceptors (Lipinski definition) is 28. The van der Waals surface area contributed by atoms with E-state index in [2.05, 4.69) is 63.5 Å². The Hall–Kier alpha value is -13.4. The molecule has 0 saturated carbocycles. The van der Waals surface area contributed by atoms with Gasteiger partial charge in [-0.25, -0.2) is 9.59 Å². The number of phenolic OH excluding ortho intramolecular Hbond substituents is 2. The van der Waals surface area contributed by atoms with Crippen LogP contribution in [0.1, 0.15) is 79.4 Å². The van der Waals surface area contributed by atoms with Gasteiger partial charge >= 0.3 is 29.8 Å². The van der Waals surface area contributed by atoms with Crippen molar-refractivity contribution in [3.05, 3.63) is 172 Å². The highest BCUT2D eigenvalue weighted by atomic mass is 33.1. The van der Waals surface area contributed by atoms with Gasteiger partial charge in [-0.05, 0) is 148 Å². The number of rotatable bonds is 36. The molecular weight excluding hydrogens is 1840 g/mol. The van der Waals surface area contributed by atoms with Gasteiger partial charge in [0.2, 0.25) is 53.2 Å². The Bertz CT molecular complexity index is 5630. The Kier molecular flexibility index (Phi) is 39.7. The zero-order valence-electron chi connectivity index (χ0n) is 75.0. The van der Waals surface area contributed by atoms with Gasteiger partial charge in [-0.15, -0.1) is 0 Å². The number of hydrogen-bond donors (Lipinski definition) is 22. The van der Waals surface area contributed by atoms with Crippen molar-refractivity contribution in [1.29, 1.82) is 0 Å². The van der Waals surface area contributed by atoms with Gasteiger partial charge in [-0.1, -0.05) is 88.3 Å². The van der Waals surface area contributed by atoms with Gasteiger partial charge in [0.1, 0.15) is 71.2 Å². The number of carboxylic acid groups (broad SMARTS) is 5. The monoisotopic (exact) mass is 1950 g/mol. The average Bonchev–Trinajstić information content (AvgIpc) is 1.48. The minimum atomic E-state index is -1.97. The molecule has 11 atom stereocenters. The first kappa shape index (κ1) is 106. The number of aliphatic carboxylic acids is 4. The topological polar surface area (TPSA) is 638 Å². The third kappa shape index (κ3) is 32.1. The number of benzene rings is 6. The number of H-pyrrole nitrogens is 1. The molecule has 0 bridgehead atoms. The van der Waals surface area contributed by atoms with Gasteiger partial charge in [0.25, 0.3) is 0 Å². The van der Waals surface area contributed by atoms with Gasteiger partial charge in [-0.2, -0.15) is 0 Å². The molecule has 0 spiro atoms. The van der Waals surface area contributed by atoms with E-state index in [1.807, 2.05) is 0 Å². The Labute approximate surface area is 798 Å². The first-order chi connectivity index (χ1) is 65.4. The third-order valence-corrected chi connectivity index (χ3v) is 25.5. The maximum absolute atomic E-state index is 15.8. The molecule has 4 heterocycles. The number of aromatic nitrogens is 1. The van der Waals surface area contributed by atoms with Crippen molar-refractivity contribution in [2.75, 3.05) is 108 Å². The number of anilines is 1. The summed E-state index contributed by atoms with van der Waals surface area (Å²) in [6.07, 6.45) is -2.34. The van der Waals surface area contributed by atoms with Crippen molar-refractivity contribution >= 4 is 149 Å². The second-order valence-electron chi connectivity index (χ2n) is 33.3. The van der Waals surface area contributed by atoms with E-state index in [4.69, 9.17) is 22.4 Å². The van der Waals surface area contributed by atoms with Crippen molar-refractivity contribution in [3.63, 3.8) is 0 Å². The van der Waals surface area contributed by atoms with E-state index >= 15 is 24.0 Å². The van der Waals surface area contributed by atoms with Crippen LogP contribution in [0.5, 0.6) is 11.5 Å². The molecule has 6 aromatic rings. The largest absolute Gasteiger partial charge is 0.508 e. The van der Waals surface area contributed by atoms with Crippen LogP contribution in [0.3, 0.4) is 0 Å². The summed E-state index contributed by atoms with van der Waals surface area (Å²) in [6, 6.07) is 18.0. The normalized spacial score (nSPS) is 19.3. The molecule has 9 amide bonds. The lowest BCUT2D eigenvalue weighted by Crippen LogP contribution is -2.62. The van der Waals surface area contributed by atoms with Crippen LogP contribution in [0.4, 0.5) is 5.69 Å². The molecule has 2 saturated heterocycles. The lowest BCUT2D eigenvalue weighted by molar-refractivity contribution is -0.145. The highest BCUT2D eigenvalue weighted by molar-refractivity contribution is 8.76. The lowest BCUT2D eigenvalue weighted by Gasteiger charge is -2.33. The molecule has 1 aliphatic carbocycles. The number of carboxylic acids is 5. The highest BCUT2D eigenvalue weighted by Crippen LogP contribution is 2.43. The van der Waals surface area contributed by atoms with Crippen LogP contribution in [0.15, 0.2) is 149 Å². The molecule has 45 heteroatoms. The Morgan fingerprint density at radius 2 is 1.15 bits per heavy atom. The van der Waals surface area contributed by atoms with E-state index < -0.39 is 187 Å². The van der Waals surface area contributed by atoms with Crippen molar-refractivity contribution in [1.82, 2.24) is 77.8 Å². The van der Waals surface area contributed by atoms with E-state index in [0.717, 1.165) is 35.4 Å². The summed E-state index contributed by atoms with van der Waals surface area (Å²) in [7, 11) is 1.56. The number of nitrogens with one attached hydrogen (secondary N) is 12. The van der Waals surface area contributed by atoms with E-state index in [-0.39, 0.29) is 167 Å². The number of para-hydroxylation sites is 1. The standard InChI is InChI=1S/C92H113N17O25S3/c1-51(110)80-89(129)103-72(88(128)105-81(52(2)111)91(132)133)50-137-136-49-71(87(127)100-69(39-54-18-21-57(112)22-19-54)84(124)101-70(40-55-44-95-65-15-7-6-14-60(55)65)86(126)98-67(83(123)104-80)16-8-10-28-93)102-85(125)68(38-53-12-4-3-5-13-53)99-82(122)66(97-75(115)45-106-30-32-107(46-76(116)117)34-36-109(48-78(120)121)37-35-108(33-31-106)47-77(118)119)17-9-11-29-94-92(135)96-56-20-25-61(64(41-56)90(130)131)79-62-26-23-58(113)42-73(62)134-74-43-59(114)24-27-63(74)79/h3-7,12-15,18-27,41-44,51-52,66-72,80-81,95,110-113H,8-11,16-17,28-40,45-50,93H2,1-2H3,(H,97,115)(H,98,126)(H,99,122)(H,100,127)(H,101,124)(H,102,125)(H,103,129)(H,104,123)(H,105,128)(H,116,117)(H,118,119)(H,120,121)(H,130,131)(H,132,133)(H2,94,96,135)/t51-,52-,66+,67+,68-,69+,70-,71+,72+,80-,81+/m1/s1. The van der Waals surface area contributed by atoms with Gasteiger partial charge in [-0.3, -0.25) is 81.9 Å². The van der Waals surface area contributed by atoms with Crippen molar-refractivity contribution < 1.29 is 117 Å². The maximum Gasteiger partial charge on any atom is 0.336 e. The number of aliphatic hydroxyl groups excluding tert-OH is 2. The number of fused-ring (bicyclic) bond motifs is 3. The van der Waals surface area contributed by atoms with Crippen LogP contribution in [0.2, 0.25) is 0 Å². The molecule has 10 rings (SSSR count). The quantitative estimate of drug-likeness (QED) is 0.0110. The van der Waals surface area contributed by atoms with Crippen LogP contribution in [0, 0.1) is 0 Å². The summed E-state index contributed by atoms with van der Waals surface area (Å²) in [5.41, 5.74) is 8.63. The molecule has 0 unspecified atom stereocenters. The van der Waals surface area contributed by atoms with Crippen LogP contribution in [-0.2, 0) is 81.6 Å². The molecule has 0 radical (unpaired) electrons. The fourth-order valence-corrected chi connectivity index (χ4v) is 18.2. The summed E-state index contributed by atoms with van der Waals surface area (Å²) in [5.74, 6) is -17.2. The average molecular weight is 1950 g/mol. The zero-order chi connectivity index (χ0) is 99.1. The molecule has 4 aliphatic rings. The second-order valence-corrected chi connectivity index (χ2v) is 36.3. The summed E-state index contributed by atoms with van der Waals surface area (Å²) in [4.78, 5) is 220. The third-order valence-electron chi connectivity index (χ3n) is 22.8. The molecule has 137 heavy (non-hydrogen) atoms. The van der Waals surface area contributed by atoms with Crippen LogP contribution in [-0.4, -0.2) is 328 Å². The Morgan fingerprint density at radius 1 is 0.555 bits per heavy atom. The SMILES string of the molecule is C[C@@H](O)[C@H](NC(=O)[C@@H]1CSSC[C@H](NC(=O)[C@@H](Cc2ccccc2)NC(=O)[C@H](CCCCNC(=S)Nc2ccc(-c3c4ccc(=O)cc-4oc4cc(O)ccc34)c(C(=O)O)c2)NC(=O)CN2CCN(CC(=O)O)CCN(CC(=O)O)CCN(CC(=O)O)CC2)C(=O)N[C@@H](Cc2ccc(O)cc2)C(=O)N[C@H](Cc2c[nH]c3ccccc23)C(=O)N[C@@H](CCCCN)C(=O)N[C@H]([C@@H](C)O)C(=O)N1)C(=O)O. The Balaban J connectivity index is 0.981. The molecule has 42 nitrogen and oxygen atoms in total. The predicted molar refractivity (Wildman–Crippen MR) is 510 cm³/mol.